The number of nitrogens with zero attached hydrogens (tertiary/aromatic N) is 2. The van der Waals surface area contributed by atoms with E-state index >= 15 is 0 Å². The molecule has 92 valence electrons. The maximum atomic E-state index is 11.7. The second-order valence-electron chi connectivity index (χ2n) is 4.18. The van der Waals surface area contributed by atoms with E-state index in [-0.39, 0.29) is 5.91 Å². The Morgan fingerprint density at radius 1 is 1.39 bits per heavy atom. The maximum Gasteiger partial charge on any atom is 0.273 e. The largest absolute Gasteiger partial charge is 0.347 e. The van der Waals surface area contributed by atoms with Crippen LogP contribution < -0.4 is 10.6 Å². The van der Waals surface area contributed by atoms with Crippen molar-refractivity contribution in [2.24, 2.45) is 0 Å². The van der Waals surface area contributed by atoms with E-state index in [0.29, 0.717) is 12.2 Å². The number of carbonyl (C=O) groups is 1. The number of fused-ring (bicyclic) bond motifs is 1. The normalized spacial score (nSPS) is 13.3. The summed E-state index contributed by atoms with van der Waals surface area (Å²) in [4.78, 5) is 11.7. The molecule has 0 fully saturated rings. The second-order valence-corrected chi connectivity index (χ2v) is 4.79. The molecule has 18 heavy (non-hydrogen) atoms. The molecular weight excluding hydrogens is 248 g/mol. The first-order chi connectivity index (χ1) is 8.83. The molecule has 0 atom stereocenters. The number of nitrogens with one attached hydrogen (secondary N) is 2. The third kappa shape index (κ3) is 2.25. The zero-order valence-corrected chi connectivity index (χ0v) is 10.5. The molecule has 6 heteroatoms. The Labute approximate surface area is 108 Å². The Hall–Kier alpha value is -1.79. The molecular formula is C12H12N4OS. The molecule has 0 saturated carbocycles. The Morgan fingerprint density at radius 3 is 3.11 bits per heavy atom. The minimum absolute atomic E-state index is 0.178. The number of hydrogen-bond donors (Lipinski definition) is 2. The van der Waals surface area contributed by atoms with E-state index in [2.05, 4.69) is 32.4 Å². The van der Waals surface area contributed by atoms with Crippen LogP contribution in [0.3, 0.4) is 0 Å². The summed E-state index contributed by atoms with van der Waals surface area (Å²) >= 11 is 1.18. The van der Waals surface area contributed by atoms with Crippen LogP contribution in [0.25, 0.3) is 0 Å². The van der Waals surface area contributed by atoms with E-state index in [0.717, 1.165) is 18.7 Å². The van der Waals surface area contributed by atoms with Gasteiger partial charge in [0.05, 0.1) is 0 Å². The van der Waals surface area contributed by atoms with E-state index in [4.69, 9.17) is 0 Å². The van der Waals surface area contributed by atoms with Crippen LogP contribution in [0.4, 0.5) is 0 Å². The van der Waals surface area contributed by atoms with E-state index in [1.54, 1.807) is 5.38 Å². The highest BCUT2D eigenvalue weighted by Gasteiger charge is 2.11. The zero-order valence-electron chi connectivity index (χ0n) is 9.64. The Morgan fingerprint density at radius 2 is 2.28 bits per heavy atom. The Kier molecular flexibility index (Phi) is 3.04. The molecule has 0 aliphatic carbocycles. The third-order valence-electron chi connectivity index (χ3n) is 2.95. The summed E-state index contributed by atoms with van der Waals surface area (Å²) in [5, 5.41) is 11.5. The predicted octanol–water partition coefficient (Wildman–Crippen LogP) is 1.07. The van der Waals surface area contributed by atoms with Crippen molar-refractivity contribution in [2.75, 3.05) is 0 Å². The van der Waals surface area contributed by atoms with E-state index in [1.165, 1.54) is 22.7 Å². The summed E-state index contributed by atoms with van der Waals surface area (Å²) in [7, 11) is 0. The zero-order chi connectivity index (χ0) is 12.4. The minimum atomic E-state index is -0.178. The van der Waals surface area contributed by atoms with E-state index in [1.807, 2.05) is 6.07 Å². The molecule has 0 unspecified atom stereocenters. The van der Waals surface area contributed by atoms with Gasteiger partial charge in [0.25, 0.3) is 5.91 Å². The molecule has 3 rings (SSSR count). The van der Waals surface area contributed by atoms with Crippen molar-refractivity contribution in [3.63, 3.8) is 0 Å². The fourth-order valence-electron chi connectivity index (χ4n) is 1.99. The standard InChI is InChI=1S/C12H12N4OS/c17-12(11-7-18-16-15-11)14-4-8-1-2-9-5-13-6-10(9)3-8/h1-3,7,13H,4-6H2,(H,14,17). The molecule has 1 aliphatic heterocycles. The number of amides is 1. The van der Waals surface area contributed by atoms with Crippen LogP contribution in [0.15, 0.2) is 23.6 Å². The highest BCUT2D eigenvalue weighted by atomic mass is 32.1. The van der Waals surface area contributed by atoms with Gasteiger partial charge < -0.3 is 10.6 Å². The Bertz CT molecular complexity index is 567. The average molecular weight is 260 g/mol. The number of aromatic nitrogens is 2. The van der Waals surface area contributed by atoms with Gasteiger partial charge in [0.2, 0.25) is 0 Å². The topological polar surface area (TPSA) is 66.9 Å². The van der Waals surface area contributed by atoms with E-state index in [9.17, 15) is 4.79 Å². The number of benzene rings is 1. The van der Waals surface area contributed by atoms with Crippen molar-refractivity contribution >= 4 is 17.4 Å². The molecule has 1 aliphatic rings. The lowest BCUT2D eigenvalue weighted by molar-refractivity contribution is 0.0946. The van der Waals surface area contributed by atoms with Gasteiger partial charge in [0.1, 0.15) is 0 Å². The van der Waals surface area contributed by atoms with Crippen molar-refractivity contribution in [1.82, 2.24) is 20.2 Å². The van der Waals surface area contributed by atoms with Crippen LogP contribution in [0.2, 0.25) is 0 Å². The molecule has 2 heterocycles. The van der Waals surface area contributed by atoms with Gasteiger partial charge in [-0.2, -0.15) is 0 Å². The first-order valence-electron chi connectivity index (χ1n) is 5.69. The van der Waals surface area contributed by atoms with Gasteiger partial charge in [0.15, 0.2) is 5.69 Å². The summed E-state index contributed by atoms with van der Waals surface area (Å²) < 4.78 is 3.67. The fourth-order valence-corrected chi connectivity index (χ4v) is 2.43. The lowest BCUT2D eigenvalue weighted by Crippen LogP contribution is -2.23. The van der Waals surface area contributed by atoms with Gasteiger partial charge in [0, 0.05) is 25.0 Å². The van der Waals surface area contributed by atoms with Gasteiger partial charge in [-0.15, -0.1) is 5.10 Å². The molecule has 0 bridgehead atoms. The number of rotatable bonds is 3. The summed E-state index contributed by atoms with van der Waals surface area (Å²) in [6.45, 7) is 2.36. The maximum absolute atomic E-state index is 11.7. The smallest absolute Gasteiger partial charge is 0.273 e. The van der Waals surface area contributed by atoms with Crippen molar-refractivity contribution in [3.05, 3.63) is 46.0 Å². The molecule has 1 aromatic heterocycles. The van der Waals surface area contributed by atoms with Gasteiger partial charge in [-0.1, -0.05) is 22.7 Å². The molecule has 0 spiro atoms. The molecule has 5 nitrogen and oxygen atoms in total. The highest BCUT2D eigenvalue weighted by Crippen LogP contribution is 2.16. The number of carbonyl (C=O) groups excluding carboxylic acids is 1. The lowest BCUT2D eigenvalue weighted by Gasteiger charge is -2.05. The van der Waals surface area contributed by atoms with Crippen molar-refractivity contribution in [2.45, 2.75) is 19.6 Å². The fraction of sp³-hybridized carbons (Fsp3) is 0.250. The summed E-state index contributed by atoms with van der Waals surface area (Å²) in [5.41, 5.74) is 4.14. The Balaban J connectivity index is 1.65. The third-order valence-corrected chi connectivity index (χ3v) is 3.45. The summed E-state index contributed by atoms with van der Waals surface area (Å²) in [5.74, 6) is -0.178. The summed E-state index contributed by atoms with van der Waals surface area (Å²) in [6, 6.07) is 6.29. The quantitative estimate of drug-likeness (QED) is 0.866. The molecule has 0 saturated heterocycles. The van der Waals surface area contributed by atoms with Crippen molar-refractivity contribution in [3.8, 4) is 0 Å². The first-order valence-corrected chi connectivity index (χ1v) is 6.53. The van der Waals surface area contributed by atoms with Crippen molar-refractivity contribution < 1.29 is 4.79 Å². The lowest BCUT2D eigenvalue weighted by atomic mass is 10.1. The highest BCUT2D eigenvalue weighted by molar-refractivity contribution is 7.03. The second kappa shape index (κ2) is 4.83. The molecule has 1 amide bonds. The van der Waals surface area contributed by atoms with Crippen LogP contribution in [0.5, 0.6) is 0 Å². The molecule has 2 N–H and O–H groups in total. The monoisotopic (exact) mass is 260 g/mol. The molecule has 2 aromatic rings. The minimum Gasteiger partial charge on any atom is -0.347 e. The SMILES string of the molecule is O=C(NCc1ccc2c(c1)CNC2)c1csnn1. The van der Waals surface area contributed by atoms with Crippen LogP contribution in [-0.2, 0) is 19.6 Å². The van der Waals surface area contributed by atoms with Crippen LogP contribution in [0.1, 0.15) is 27.2 Å². The van der Waals surface area contributed by atoms with Gasteiger partial charge >= 0.3 is 0 Å². The van der Waals surface area contributed by atoms with Crippen molar-refractivity contribution in [1.29, 1.82) is 0 Å². The average Bonchev–Trinajstić information content (AvgIpc) is 3.05. The summed E-state index contributed by atoms with van der Waals surface area (Å²) in [6.07, 6.45) is 0. The van der Waals surface area contributed by atoms with E-state index < -0.39 is 0 Å². The van der Waals surface area contributed by atoms with Gasteiger partial charge in [-0.25, -0.2) is 0 Å². The molecule has 0 radical (unpaired) electrons. The van der Waals surface area contributed by atoms with Gasteiger partial charge in [-0.3, -0.25) is 4.79 Å². The number of hydrogen-bond acceptors (Lipinski definition) is 5. The first kappa shape index (κ1) is 11.3. The molecule has 1 aromatic carbocycles. The van der Waals surface area contributed by atoms with Crippen LogP contribution in [0, 0.1) is 0 Å². The van der Waals surface area contributed by atoms with Gasteiger partial charge in [-0.05, 0) is 28.2 Å². The predicted molar refractivity (Wildman–Crippen MR) is 68.1 cm³/mol. The van der Waals surface area contributed by atoms with Crippen LogP contribution >= 0.6 is 11.5 Å². The van der Waals surface area contributed by atoms with Crippen LogP contribution in [-0.4, -0.2) is 15.5 Å².